The second-order valence-corrected chi connectivity index (χ2v) is 21.4. The van der Waals surface area contributed by atoms with Gasteiger partial charge in [-0.2, -0.15) is 0 Å². The standard InChI is InChI=1S/C54H107N2O6P/c1-6-8-10-12-14-16-18-20-21-22-23-24-25-26-27-28-29-30-31-32-33-34-35-36-38-40-42-44-46-48-54(58)55-52(51-62-63(59,60)61-50-49-56(3,4)5)53(57)47-45-43-41-39-37-19-17-15-13-11-9-7-2/h37,39,45,47,52-53,57H,6-36,38,40-44,46,48-51H2,1-5H3,(H-,55,58,59,60)/p+1/b39-37+,47-45+. The molecule has 0 aromatic heterocycles. The molecule has 0 radical (unpaired) electrons. The van der Waals surface area contributed by atoms with Crippen LogP contribution < -0.4 is 5.32 Å². The van der Waals surface area contributed by atoms with E-state index in [1.807, 2.05) is 27.2 Å². The molecule has 0 fully saturated rings. The van der Waals surface area contributed by atoms with E-state index in [1.165, 1.54) is 205 Å². The van der Waals surface area contributed by atoms with Gasteiger partial charge >= 0.3 is 7.82 Å². The molecule has 0 spiro atoms. The third-order valence-electron chi connectivity index (χ3n) is 12.4. The molecule has 0 aromatic carbocycles. The Morgan fingerprint density at radius 2 is 0.873 bits per heavy atom. The second kappa shape index (κ2) is 46.1. The van der Waals surface area contributed by atoms with Crippen molar-refractivity contribution in [2.45, 2.75) is 276 Å². The van der Waals surface area contributed by atoms with Crippen LogP contribution in [0.5, 0.6) is 0 Å². The number of nitrogens with zero attached hydrogens (tertiary/aromatic N) is 1. The fourth-order valence-corrected chi connectivity index (χ4v) is 8.85. The van der Waals surface area contributed by atoms with Crippen LogP contribution >= 0.6 is 7.82 Å². The average Bonchev–Trinajstić information content (AvgIpc) is 3.24. The van der Waals surface area contributed by atoms with Crippen molar-refractivity contribution in [2.24, 2.45) is 0 Å². The number of likely N-dealkylation sites (N-methyl/N-ethyl adjacent to an activating group) is 1. The maximum absolute atomic E-state index is 12.9. The lowest BCUT2D eigenvalue weighted by Gasteiger charge is -2.25. The van der Waals surface area contributed by atoms with Gasteiger partial charge in [-0.3, -0.25) is 13.8 Å². The molecule has 3 atom stereocenters. The van der Waals surface area contributed by atoms with Crippen LogP contribution in [0, 0.1) is 0 Å². The summed E-state index contributed by atoms with van der Waals surface area (Å²) in [6.07, 6.45) is 57.2. The summed E-state index contributed by atoms with van der Waals surface area (Å²) in [5.74, 6) is -0.183. The topological polar surface area (TPSA) is 105 Å². The highest BCUT2D eigenvalue weighted by Gasteiger charge is 2.27. The Hall–Kier alpha value is -1.02. The molecule has 63 heavy (non-hydrogen) atoms. The monoisotopic (exact) mass is 912 g/mol. The molecule has 0 aliphatic rings. The van der Waals surface area contributed by atoms with Gasteiger partial charge in [-0.25, -0.2) is 4.57 Å². The molecular weight excluding hydrogens is 804 g/mol. The number of phosphoric ester groups is 1. The van der Waals surface area contributed by atoms with Crippen LogP contribution in [0.15, 0.2) is 24.3 Å². The predicted molar refractivity (Wildman–Crippen MR) is 272 cm³/mol. The van der Waals surface area contributed by atoms with Crippen molar-refractivity contribution in [3.8, 4) is 0 Å². The summed E-state index contributed by atoms with van der Waals surface area (Å²) in [5.41, 5.74) is 0. The predicted octanol–water partition coefficient (Wildman–Crippen LogP) is 16.0. The minimum Gasteiger partial charge on any atom is -0.387 e. The van der Waals surface area contributed by atoms with E-state index in [4.69, 9.17) is 9.05 Å². The number of hydrogen-bond acceptors (Lipinski definition) is 5. The van der Waals surface area contributed by atoms with Crippen LogP contribution in [0.25, 0.3) is 0 Å². The third-order valence-corrected chi connectivity index (χ3v) is 13.4. The van der Waals surface area contributed by atoms with Crippen molar-refractivity contribution >= 4 is 13.7 Å². The molecule has 0 heterocycles. The summed E-state index contributed by atoms with van der Waals surface area (Å²) in [4.78, 5) is 23.2. The highest BCUT2D eigenvalue weighted by Crippen LogP contribution is 2.43. The van der Waals surface area contributed by atoms with Gasteiger partial charge in [0.05, 0.1) is 39.9 Å². The van der Waals surface area contributed by atoms with Crippen LogP contribution in [-0.4, -0.2) is 73.4 Å². The Morgan fingerprint density at radius 1 is 0.524 bits per heavy atom. The second-order valence-electron chi connectivity index (χ2n) is 20.0. The number of quaternary nitrogens is 1. The molecule has 8 nitrogen and oxygen atoms in total. The van der Waals surface area contributed by atoms with Gasteiger partial charge in [0.25, 0.3) is 0 Å². The average molecular weight is 912 g/mol. The van der Waals surface area contributed by atoms with Gasteiger partial charge in [-0.1, -0.05) is 250 Å². The first-order chi connectivity index (χ1) is 30.5. The van der Waals surface area contributed by atoms with Crippen LogP contribution in [-0.2, 0) is 18.4 Å². The van der Waals surface area contributed by atoms with Gasteiger partial charge in [-0.15, -0.1) is 0 Å². The molecule has 0 bridgehead atoms. The van der Waals surface area contributed by atoms with Crippen LogP contribution in [0.1, 0.15) is 264 Å². The molecule has 374 valence electrons. The number of aliphatic hydroxyl groups excluding tert-OH is 1. The molecule has 1 amide bonds. The minimum absolute atomic E-state index is 0.0583. The SMILES string of the molecule is CCCCCCCC/C=C/CC/C=C/C(O)C(COP(=O)(O)OCC[N+](C)(C)C)NC(=O)CCCCCCCCCCCCCCCCCCCCCCCCCCCCCCC. The van der Waals surface area contributed by atoms with Crippen molar-refractivity contribution in [2.75, 3.05) is 40.9 Å². The quantitative estimate of drug-likeness (QED) is 0.0243. The Kier molecular flexibility index (Phi) is 45.4. The number of hydrogen-bond donors (Lipinski definition) is 3. The number of carbonyl (C=O) groups excluding carboxylic acids is 1. The first kappa shape index (κ1) is 62.0. The molecular formula is C54H108N2O6P+. The lowest BCUT2D eigenvalue weighted by atomic mass is 10.0. The Balaban J connectivity index is 4.05. The lowest BCUT2D eigenvalue weighted by molar-refractivity contribution is -0.870. The molecule has 9 heteroatoms. The summed E-state index contributed by atoms with van der Waals surface area (Å²) < 4.78 is 23.6. The van der Waals surface area contributed by atoms with Crippen molar-refractivity contribution in [3.63, 3.8) is 0 Å². The van der Waals surface area contributed by atoms with Gasteiger partial charge < -0.3 is 19.8 Å². The molecule has 3 N–H and O–H groups in total. The van der Waals surface area contributed by atoms with E-state index < -0.39 is 20.0 Å². The minimum atomic E-state index is -4.34. The molecule has 3 unspecified atom stereocenters. The third kappa shape index (κ3) is 48.7. The van der Waals surface area contributed by atoms with E-state index in [1.54, 1.807) is 6.08 Å². The van der Waals surface area contributed by atoms with Crippen LogP contribution in [0.4, 0.5) is 0 Å². The number of nitrogens with one attached hydrogen (secondary N) is 1. The van der Waals surface area contributed by atoms with E-state index in [0.717, 1.165) is 38.5 Å². The molecule has 0 saturated heterocycles. The Labute approximate surface area is 392 Å². The summed E-state index contributed by atoms with van der Waals surface area (Å²) in [5, 5.41) is 13.8. The van der Waals surface area contributed by atoms with Crippen molar-refractivity contribution < 1.29 is 32.9 Å². The normalized spacial score (nSPS) is 14.2. The highest BCUT2D eigenvalue weighted by molar-refractivity contribution is 7.47. The largest absolute Gasteiger partial charge is 0.472 e. The summed E-state index contributed by atoms with van der Waals surface area (Å²) in [6.45, 7) is 4.80. The maximum atomic E-state index is 12.9. The maximum Gasteiger partial charge on any atom is 0.472 e. The van der Waals surface area contributed by atoms with E-state index in [0.29, 0.717) is 17.4 Å². The molecule has 0 rings (SSSR count). The van der Waals surface area contributed by atoms with Crippen LogP contribution in [0.2, 0.25) is 0 Å². The fourth-order valence-electron chi connectivity index (χ4n) is 8.12. The van der Waals surface area contributed by atoms with E-state index in [-0.39, 0.29) is 19.1 Å². The van der Waals surface area contributed by atoms with Gasteiger partial charge in [0.2, 0.25) is 5.91 Å². The smallest absolute Gasteiger partial charge is 0.387 e. The number of rotatable bonds is 50. The van der Waals surface area contributed by atoms with Gasteiger partial charge in [0.15, 0.2) is 0 Å². The zero-order chi connectivity index (χ0) is 46.4. The van der Waals surface area contributed by atoms with E-state index >= 15 is 0 Å². The fraction of sp³-hybridized carbons (Fsp3) is 0.907. The number of phosphoric acid groups is 1. The Bertz CT molecular complexity index is 1080. The first-order valence-electron chi connectivity index (χ1n) is 27.2. The van der Waals surface area contributed by atoms with Crippen LogP contribution in [0.3, 0.4) is 0 Å². The van der Waals surface area contributed by atoms with E-state index in [9.17, 15) is 19.4 Å². The van der Waals surface area contributed by atoms with Crippen molar-refractivity contribution in [3.05, 3.63) is 24.3 Å². The zero-order valence-electron chi connectivity index (χ0n) is 42.6. The number of aliphatic hydroxyl groups is 1. The molecule has 0 aliphatic carbocycles. The van der Waals surface area contributed by atoms with Gasteiger partial charge in [-0.05, 0) is 32.1 Å². The number of allylic oxidation sites excluding steroid dienone is 3. The molecule has 0 aliphatic heterocycles. The number of carbonyl (C=O) groups is 1. The van der Waals surface area contributed by atoms with Crippen molar-refractivity contribution in [1.82, 2.24) is 5.32 Å². The highest BCUT2D eigenvalue weighted by atomic mass is 31.2. The first-order valence-corrected chi connectivity index (χ1v) is 28.7. The Morgan fingerprint density at radius 3 is 1.27 bits per heavy atom. The number of amides is 1. The summed E-state index contributed by atoms with van der Waals surface area (Å²) >= 11 is 0. The van der Waals surface area contributed by atoms with Crippen molar-refractivity contribution in [1.29, 1.82) is 0 Å². The summed E-state index contributed by atoms with van der Waals surface area (Å²) in [6, 6.07) is -0.858. The van der Waals surface area contributed by atoms with Gasteiger partial charge in [0.1, 0.15) is 13.2 Å². The zero-order valence-corrected chi connectivity index (χ0v) is 43.5. The van der Waals surface area contributed by atoms with Gasteiger partial charge in [0, 0.05) is 6.42 Å². The van der Waals surface area contributed by atoms with E-state index in [2.05, 4.69) is 31.3 Å². The molecule has 0 aromatic rings. The number of unbranched alkanes of at least 4 members (excludes halogenated alkanes) is 35. The summed E-state index contributed by atoms with van der Waals surface area (Å²) in [7, 11) is 1.56. The lowest BCUT2D eigenvalue weighted by Crippen LogP contribution is -2.45. The molecule has 0 saturated carbocycles.